The maximum Gasteiger partial charge on any atom is 0.414 e. The minimum absolute atomic E-state index is 0.199. The summed E-state index contributed by atoms with van der Waals surface area (Å²) in [4.78, 5) is 16.1. The molecule has 20 heavy (non-hydrogen) atoms. The molecule has 2 saturated heterocycles. The number of carbonyl (C=O) groups is 1. The molecule has 2 fully saturated rings. The van der Waals surface area contributed by atoms with Crippen molar-refractivity contribution in [3.05, 3.63) is 24.3 Å². The average Bonchev–Trinajstić information content (AvgIpc) is 2.40. The first kappa shape index (κ1) is 13.2. The van der Waals surface area contributed by atoms with E-state index < -0.39 is 0 Å². The van der Waals surface area contributed by atoms with Crippen molar-refractivity contribution < 1.29 is 14.6 Å². The van der Waals surface area contributed by atoms with E-state index in [0.717, 1.165) is 38.0 Å². The Morgan fingerprint density at radius 1 is 1.20 bits per heavy atom. The van der Waals surface area contributed by atoms with Crippen LogP contribution in [0.2, 0.25) is 0 Å². The molecule has 1 unspecified atom stereocenters. The molecule has 2 aliphatic rings. The first-order chi connectivity index (χ1) is 9.58. The van der Waals surface area contributed by atoms with E-state index in [1.165, 1.54) is 0 Å². The largest absolute Gasteiger partial charge is 0.508 e. The van der Waals surface area contributed by atoms with Crippen molar-refractivity contribution in [2.24, 2.45) is 0 Å². The van der Waals surface area contributed by atoms with E-state index in [4.69, 9.17) is 4.74 Å². The van der Waals surface area contributed by atoms with Crippen molar-refractivity contribution in [1.29, 1.82) is 0 Å². The number of hydrogen-bond donors (Lipinski definition) is 1. The number of nitrogens with zero attached hydrogens (tertiary/aromatic N) is 2. The molecule has 3 rings (SSSR count). The SMILES string of the molecule is CN1CCCC2(CCN(c3ccc(O)cc3)C(=O)O2)C1. The van der Waals surface area contributed by atoms with Gasteiger partial charge in [0.2, 0.25) is 0 Å². The molecule has 5 nitrogen and oxygen atoms in total. The summed E-state index contributed by atoms with van der Waals surface area (Å²) in [5.41, 5.74) is 0.462. The summed E-state index contributed by atoms with van der Waals surface area (Å²) in [6.45, 7) is 2.56. The molecule has 0 saturated carbocycles. The van der Waals surface area contributed by atoms with Crippen LogP contribution in [0.25, 0.3) is 0 Å². The third kappa shape index (κ3) is 2.45. The number of likely N-dealkylation sites (tertiary alicyclic amines) is 1. The van der Waals surface area contributed by atoms with Crippen molar-refractivity contribution in [1.82, 2.24) is 4.90 Å². The standard InChI is InChI=1S/C15H20N2O3/c1-16-9-2-7-15(11-16)8-10-17(14(19)20-15)12-3-5-13(18)6-4-12/h3-6,18H,2,7-11H2,1H3. The first-order valence-corrected chi connectivity index (χ1v) is 7.06. The lowest BCUT2D eigenvalue weighted by molar-refractivity contribution is -0.0499. The zero-order valence-corrected chi connectivity index (χ0v) is 11.7. The van der Waals surface area contributed by atoms with Crippen LogP contribution in [0.3, 0.4) is 0 Å². The van der Waals surface area contributed by atoms with Crippen molar-refractivity contribution in [3.8, 4) is 5.75 Å². The third-order valence-corrected chi connectivity index (χ3v) is 4.21. The average molecular weight is 276 g/mol. The third-order valence-electron chi connectivity index (χ3n) is 4.21. The maximum atomic E-state index is 12.3. The van der Waals surface area contributed by atoms with Crippen LogP contribution in [0.5, 0.6) is 5.75 Å². The van der Waals surface area contributed by atoms with E-state index in [0.29, 0.717) is 6.54 Å². The number of piperidine rings is 1. The molecule has 2 aliphatic heterocycles. The molecule has 1 aromatic carbocycles. The van der Waals surface area contributed by atoms with Crippen molar-refractivity contribution >= 4 is 11.8 Å². The van der Waals surface area contributed by atoms with Gasteiger partial charge in [0, 0.05) is 25.2 Å². The van der Waals surface area contributed by atoms with Gasteiger partial charge in [0.15, 0.2) is 0 Å². The topological polar surface area (TPSA) is 53.0 Å². The number of phenols is 1. The fourth-order valence-electron chi connectivity index (χ4n) is 3.17. The molecular weight excluding hydrogens is 256 g/mol. The Labute approximate surface area is 118 Å². The Kier molecular flexibility index (Phi) is 3.30. The van der Waals surface area contributed by atoms with Crippen LogP contribution in [0.15, 0.2) is 24.3 Å². The molecular formula is C15H20N2O3. The van der Waals surface area contributed by atoms with Gasteiger partial charge in [-0.2, -0.15) is 0 Å². The fourth-order valence-corrected chi connectivity index (χ4v) is 3.17. The molecule has 0 radical (unpaired) electrons. The Morgan fingerprint density at radius 3 is 2.60 bits per heavy atom. The molecule has 108 valence electrons. The van der Waals surface area contributed by atoms with Crippen LogP contribution in [0.1, 0.15) is 19.3 Å². The second-order valence-electron chi connectivity index (χ2n) is 5.81. The van der Waals surface area contributed by atoms with Gasteiger partial charge in [0.05, 0.1) is 0 Å². The molecule has 0 aromatic heterocycles. The molecule has 5 heteroatoms. The van der Waals surface area contributed by atoms with Crippen LogP contribution in [-0.4, -0.2) is 48.4 Å². The van der Waals surface area contributed by atoms with Gasteiger partial charge in [-0.1, -0.05) is 0 Å². The van der Waals surface area contributed by atoms with Crippen LogP contribution >= 0.6 is 0 Å². The molecule has 1 atom stereocenters. The first-order valence-electron chi connectivity index (χ1n) is 7.06. The number of carbonyl (C=O) groups excluding carboxylic acids is 1. The summed E-state index contributed by atoms with van der Waals surface area (Å²) in [5.74, 6) is 0.199. The highest BCUT2D eigenvalue weighted by Gasteiger charge is 2.43. The highest BCUT2D eigenvalue weighted by Crippen LogP contribution is 2.34. The molecule has 1 N–H and O–H groups in total. The van der Waals surface area contributed by atoms with Crippen LogP contribution in [0, 0.1) is 0 Å². The molecule has 1 spiro atoms. The number of amides is 1. The van der Waals surface area contributed by atoms with E-state index >= 15 is 0 Å². The van der Waals surface area contributed by atoms with E-state index in [1.807, 2.05) is 0 Å². The number of hydrogen-bond acceptors (Lipinski definition) is 4. The quantitative estimate of drug-likeness (QED) is 0.854. The molecule has 1 amide bonds. The summed E-state index contributed by atoms with van der Waals surface area (Å²) in [7, 11) is 2.07. The van der Waals surface area contributed by atoms with E-state index in [2.05, 4.69) is 11.9 Å². The molecule has 0 aliphatic carbocycles. The smallest absolute Gasteiger partial charge is 0.414 e. The number of anilines is 1. The van der Waals surface area contributed by atoms with Gasteiger partial charge in [-0.25, -0.2) is 4.79 Å². The normalized spacial score (nSPS) is 27.6. The predicted molar refractivity (Wildman–Crippen MR) is 76.0 cm³/mol. The van der Waals surface area contributed by atoms with Crippen LogP contribution < -0.4 is 4.90 Å². The zero-order chi connectivity index (χ0) is 14.2. The number of rotatable bonds is 1. The number of likely N-dealkylation sites (N-methyl/N-ethyl adjacent to an activating group) is 1. The van der Waals surface area contributed by atoms with Crippen LogP contribution in [-0.2, 0) is 4.74 Å². The lowest BCUT2D eigenvalue weighted by atomic mass is 9.88. The highest BCUT2D eigenvalue weighted by molar-refractivity contribution is 5.88. The number of phenolic OH excluding ortho intramolecular Hbond substituents is 1. The Morgan fingerprint density at radius 2 is 1.95 bits per heavy atom. The Balaban J connectivity index is 1.74. The minimum Gasteiger partial charge on any atom is -0.508 e. The van der Waals surface area contributed by atoms with E-state index in [-0.39, 0.29) is 17.4 Å². The Hall–Kier alpha value is -1.75. The zero-order valence-electron chi connectivity index (χ0n) is 11.7. The van der Waals surface area contributed by atoms with Gasteiger partial charge < -0.3 is 14.7 Å². The maximum absolute atomic E-state index is 12.3. The lowest BCUT2D eigenvalue weighted by Gasteiger charge is -2.45. The summed E-state index contributed by atoms with van der Waals surface area (Å²) in [6, 6.07) is 6.64. The van der Waals surface area contributed by atoms with Gasteiger partial charge in [-0.05, 0) is 50.7 Å². The monoisotopic (exact) mass is 276 g/mol. The lowest BCUT2D eigenvalue weighted by Crippen LogP contribution is -2.56. The number of ether oxygens (including phenoxy) is 1. The Bertz CT molecular complexity index is 502. The van der Waals surface area contributed by atoms with Crippen molar-refractivity contribution in [2.45, 2.75) is 24.9 Å². The van der Waals surface area contributed by atoms with Crippen LogP contribution in [0.4, 0.5) is 10.5 Å². The molecule has 2 heterocycles. The van der Waals surface area contributed by atoms with Gasteiger partial charge >= 0.3 is 6.09 Å². The number of aromatic hydroxyl groups is 1. The summed E-state index contributed by atoms with van der Waals surface area (Å²) >= 11 is 0. The van der Waals surface area contributed by atoms with Gasteiger partial charge in [0.25, 0.3) is 0 Å². The van der Waals surface area contributed by atoms with Gasteiger partial charge in [-0.3, -0.25) is 4.90 Å². The fraction of sp³-hybridized carbons (Fsp3) is 0.533. The van der Waals surface area contributed by atoms with E-state index in [1.54, 1.807) is 29.2 Å². The predicted octanol–water partition coefficient (Wildman–Crippen LogP) is 2.20. The van der Waals surface area contributed by atoms with Crippen molar-refractivity contribution in [3.63, 3.8) is 0 Å². The second kappa shape index (κ2) is 4.98. The molecule has 0 bridgehead atoms. The van der Waals surface area contributed by atoms with Gasteiger partial charge in [0.1, 0.15) is 11.4 Å². The summed E-state index contributed by atoms with van der Waals surface area (Å²) < 4.78 is 5.77. The van der Waals surface area contributed by atoms with Gasteiger partial charge in [-0.15, -0.1) is 0 Å². The number of benzene rings is 1. The summed E-state index contributed by atoms with van der Waals surface area (Å²) in [6.07, 6.45) is 2.59. The minimum atomic E-state index is -0.308. The highest BCUT2D eigenvalue weighted by atomic mass is 16.6. The van der Waals surface area contributed by atoms with E-state index in [9.17, 15) is 9.90 Å². The van der Waals surface area contributed by atoms with Crippen molar-refractivity contribution in [2.75, 3.05) is 31.6 Å². The second-order valence-corrected chi connectivity index (χ2v) is 5.81. The summed E-state index contributed by atoms with van der Waals surface area (Å²) in [5, 5.41) is 9.31. The molecule has 1 aromatic rings.